The number of esters is 2. The molecule has 10 nitrogen and oxygen atoms in total. The normalized spacial score (nSPS) is 11.4. The van der Waals surface area contributed by atoms with Crippen LogP contribution in [-0.2, 0) is 19.1 Å². The number of hydrogen-bond donors (Lipinski definition) is 2. The van der Waals surface area contributed by atoms with Gasteiger partial charge in [0.2, 0.25) is 11.8 Å². The van der Waals surface area contributed by atoms with E-state index in [1.807, 2.05) is 12.1 Å². The van der Waals surface area contributed by atoms with Gasteiger partial charge in [-0.05, 0) is 37.1 Å². The highest BCUT2D eigenvalue weighted by Gasteiger charge is 2.22. The number of thiophene rings is 2. The maximum atomic E-state index is 12.5. The van der Waals surface area contributed by atoms with Gasteiger partial charge in [0.25, 0.3) is 0 Å². The molecule has 0 atom stereocenters. The van der Waals surface area contributed by atoms with Crippen molar-refractivity contribution in [3.8, 4) is 0 Å². The van der Waals surface area contributed by atoms with Gasteiger partial charge >= 0.3 is 11.9 Å². The Bertz CT molecular complexity index is 1560. The molecule has 0 aliphatic heterocycles. The molecular weight excluding hydrogens is 552 g/mol. The zero-order chi connectivity index (χ0) is 28.8. The Morgan fingerprint density at radius 2 is 1.12 bits per heavy atom. The number of carbonyl (C=O) groups excluding carboxylic acids is 4. The summed E-state index contributed by atoms with van der Waals surface area (Å²) in [5.41, 5.74) is 2.16. The second-order valence-corrected chi connectivity index (χ2v) is 10.5. The van der Waals surface area contributed by atoms with E-state index < -0.39 is 11.9 Å². The van der Waals surface area contributed by atoms with Gasteiger partial charge in [-0.25, -0.2) is 9.59 Å². The van der Waals surface area contributed by atoms with E-state index in [1.165, 1.54) is 36.5 Å². The van der Waals surface area contributed by atoms with E-state index in [1.54, 1.807) is 50.5 Å². The fraction of sp³-hybridized carbons (Fsp3) is 0.214. The number of rotatable bonds is 9. The monoisotopic (exact) mass is 578 g/mol. The lowest BCUT2D eigenvalue weighted by Gasteiger charge is -2.04. The van der Waals surface area contributed by atoms with E-state index in [4.69, 9.17) is 9.47 Å². The van der Waals surface area contributed by atoms with Gasteiger partial charge in [0.1, 0.15) is 21.1 Å². The van der Waals surface area contributed by atoms with Crippen LogP contribution in [0.4, 0.5) is 10.0 Å². The van der Waals surface area contributed by atoms with Gasteiger partial charge in [-0.15, -0.1) is 22.7 Å². The van der Waals surface area contributed by atoms with Crippen LogP contribution in [0.5, 0.6) is 0 Å². The highest BCUT2D eigenvalue weighted by molar-refractivity contribution is 7.24. The highest BCUT2D eigenvalue weighted by atomic mass is 32.1. The second-order valence-electron chi connectivity index (χ2n) is 8.42. The van der Waals surface area contributed by atoms with Crippen molar-refractivity contribution < 1.29 is 28.7 Å². The van der Waals surface area contributed by atoms with Gasteiger partial charge in [0.05, 0.1) is 25.6 Å². The number of hydrogen-bond acceptors (Lipinski definition) is 10. The minimum atomic E-state index is -0.496. The quantitative estimate of drug-likeness (QED) is 0.146. The molecule has 0 spiro atoms. The third-order valence-corrected chi connectivity index (χ3v) is 7.58. The van der Waals surface area contributed by atoms with Crippen LogP contribution in [0.3, 0.4) is 0 Å². The van der Waals surface area contributed by atoms with E-state index in [2.05, 4.69) is 20.8 Å². The Morgan fingerprint density at radius 3 is 1.48 bits per heavy atom. The predicted molar refractivity (Wildman–Crippen MR) is 159 cm³/mol. The summed E-state index contributed by atoms with van der Waals surface area (Å²) in [6.45, 7) is 6.66. The first kappa shape index (κ1) is 28.6. The van der Waals surface area contributed by atoms with Crippen LogP contribution in [0.2, 0.25) is 0 Å². The number of fused-ring (bicyclic) bond motifs is 2. The standard InChI is InChI=1S/C28H26N4O6S2/c1-5-37-27(35)23-19-9-7-17(11-21(19)39-25(23)31-15(3)33)13-29-30-14-18-8-10-20-22(12-18)40-26(32-16(4)34)24(20)28(36)38-6-2/h7-14H,5-6H2,1-4H3,(H,31,33)(H,32,34)/b29-13+,30-14+. The third-order valence-electron chi connectivity index (χ3n) is 5.45. The summed E-state index contributed by atoms with van der Waals surface area (Å²) in [6, 6.07) is 10.9. The topological polar surface area (TPSA) is 136 Å². The van der Waals surface area contributed by atoms with Gasteiger partial charge in [-0.1, -0.05) is 24.3 Å². The molecule has 0 unspecified atom stereocenters. The van der Waals surface area contributed by atoms with Crippen molar-refractivity contribution in [2.75, 3.05) is 23.8 Å². The number of benzene rings is 2. The molecule has 0 radical (unpaired) electrons. The number of anilines is 2. The molecule has 2 N–H and O–H groups in total. The molecule has 0 bridgehead atoms. The Balaban J connectivity index is 1.57. The third kappa shape index (κ3) is 6.41. The van der Waals surface area contributed by atoms with Crippen molar-refractivity contribution in [1.29, 1.82) is 0 Å². The molecule has 0 saturated carbocycles. The van der Waals surface area contributed by atoms with Crippen LogP contribution in [0, 0.1) is 0 Å². The summed E-state index contributed by atoms with van der Waals surface area (Å²) in [6.07, 6.45) is 3.16. The van der Waals surface area contributed by atoms with Gasteiger partial charge in [-0.2, -0.15) is 10.2 Å². The molecule has 40 heavy (non-hydrogen) atoms. The van der Waals surface area contributed by atoms with Crippen LogP contribution < -0.4 is 10.6 Å². The molecule has 4 rings (SSSR count). The van der Waals surface area contributed by atoms with E-state index in [-0.39, 0.29) is 25.0 Å². The molecule has 12 heteroatoms. The van der Waals surface area contributed by atoms with Crippen LogP contribution in [0.15, 0.2) is 46.6 Å². The van der Waals surface area contributed by atoms with Crippen molar-refractivity contribution in [2.24, 2.45) is 10.2 Å². The summed E-state index contributed by atoms with van der Waals surface area (Å²) in [7, 11) is 0. The molecule has 206 valence electrons. The number of nitrogens with zero attached hydrogens (tertiary/aromatic N) is 2. The van der Waals surface area contributed by atoms with Crippen molar-refractivity contribution in [3.63, 3.8) is 0 Å². The van der Waals surface area contributed by atoms with Crippen LogP contribution in [-0.4, -0.2) is 49.4 Å². The van der Waals surface area contributed by atoms with E-state index in [0.29, 0.717) is 31.9 Å². The van der Waals surface area contributed by atoms with Crippen LogP contribution in [0.1, 0.15) is 59.5 Å². The lowest BCUT2D eigenvalue weighted by atomic mass is 10.1. The molecule has 2 aromatic heterocycles. The molecule has 0 aliphatic carbocycles. The second kappa shape index (κ2) is 12.6. The van der Waals surface area contributed by atoms with Crippen molar-refractivity contribution in [1.82, 2.24) is 0 Å². The van der Waals surface area contributed by atoms with E-state index in [9.17, 15) is 19.2 Å². The van der Waals surface area contributed by atoms with Crippen molar-refractivity contribution >= 4 is 89.0 Å². The van der Waals surface area contributed by atoms with Crippen molar-refractivity contribution in [3.05, 3.63) is 58.7 Å². The average Bonchev–Trinajstić information content (AvgIpc) is 3.42. The predicted octanol–water partition coefficient (Wildman–Crippen LogP) is 5.84. The fourth-order valence-corrected chi connectivity index (χ4v) is 6.26. The van der Waals surface area contributed by atoms with Gasteiger partial charge < -0.3 is 20.1 Å². The number of ether oxygens (including phenoxy) is 2. The summed E-state index contributed by atoms with van der Waals surface area (Å²) in [5, 5.41) is 15.9. The minimum absolute atomic E-state index is 0.223. The Kier molecular flexibility index (Phi) is 9.02. The lowest BCUT2D eigenvalue weighted by Crippen LogP contribution is -2.10. The fourth-order valence-electron chi connectivity index (χ4n) is 3.89. The van der Waals surface area contributed by atoms with Crippen LogP contribution in [0.25, 0.3) is 20.2 Å². The van der Waals surface area contributed by atoms with Gasteiger partial charge in [0.15, 0.2) is 0 Å². The smallest absolute Gasteiger partial charge is 0.341 e. The number of amides is 2. The zero-order valence-corrected chi connectivity index (χ0v) is 23.8. The molecule has 2 aromatic carbocycles. The molecule has 2 heterocycles. The Labute approximate surface area is 237 Å². The first-order chi connectivity index (χ1) is 19.2. The molecule has 0 fully saturated rings. The number of carbonyl (C=O) groups is 4. The maximum absolute atomic E-state index is 12.5. The molecule has 4 aromatic rings. The summed E-state index contributed by atoms with van der Waals surface area (Å²) in [4.78, 5) is 48.3. The first-order valence-corrected chi connectivity index (χ1v) is 13.9. The highest BCUT2D eigenvalue weighted by Crippen LogP contribution is 2.38. The summed E-state index contributed by atoms with van der Waals surface area (Å²) in [5.74, 6) is -1.55. The van der Waals surface area contributed by atoms with Crippen LogP contribution >= 0.6 is 22.7 Å². The molecule has 0 aliphatic rings. The summed E-state index contributed by atoms with van der Waals surface area (Å²) < 4.78 is 11.9. The average molecular weight is 579 g/mol. The van der Waals surface area contributed by atoms with E-state index in [0.717, 1.165) is 20.5 Å². The maximum Gasteiger partial charge on any atom is 0.341 e. The minimum Gasteiger partial charge on any atom is -0.462 e. The SMILES string of the molecule is CCOC(=O)c1c(NC(C)=O)sc2cc(/C=N/N=C/c3ccc4c(C(=O)OCC)c(NC(C)=O)sc4c3)ccc12. The number of nitrogens with one attached hydrogen (secondary N) is 2. The van der Waals surface area contributed by atoms with Crippen molar-refractivity contribution in [2.45, 2.75) is 27.7 Å². The molecule has 2 amide bonds. The Morgan fingerprint density at radius 1 is 0.725 bits per heavy atom. The van der Waals surface area contributed by atoms with E-state index >= 15 is 0 Å². The zero-order valence-electron chi connectivity index (χ0n) is 22.2. The van der Waals surface area contributed by atoms with Gasteiger partial charge in [-0.3, -0.25) is 9.59 Å². The molecule has 0 saturated heterocycles. The first-order valence-electron chi connectivity index (χ1n) is 12.3. The summed E-state index contributed by atoms with van der Waals surface area (Å²) >= 11 is 2.56. The largest absolute Gasteiger partial charge is 0.462 e. The van der Waals surface area contributed by atoms with Gasteiger partial charge in [0, 0.05) is 34.0 Å². The Hall–Kier alpha value is -4.42. The molecular formula is C28H26N4O6S2. The lowest BCUT2D eigenvalue weighted by molar-refractivity contribution is -0.115.